The minimum atomic E-state index is -1.19. The van der Waals surface area contributed by atoms with Gasteiger partial charge in [-0.1, -0.05) is 19.4 Å². The van der Waals surface area contributed by atoms with E-state index in [9.17, 15) is 20.0 Å². The van der Waals surface area contributed by atoms with Crippen molar-refractivity contribution >= 4 is 29.1 Å². The molecule has 2 rings (SSSR count). The van der Waals surface area contributed by atoms with Crippen molar-refractivity contribution in [3.63, 3.8) is 0 Å². The number of anilines is 3. The third-order valence-corrected chi connectivity index (χ3v) is 3.15. The van der Waals surface area contributed by atoms with Crippen LogP contribution in [-0.4, -0.2) is 32.5 Å². The molecule has 0 spiro atoms. The second kappa shape index (κ2) is 7.86. The third kappa shape index (κ3) is 4.38. The summed E-state index contributed by atoms with van der Waals surface area (Å²) in [6, 6.07) is 5.74. The van der Waals surface area contributed by atoms with E-state index in [1.54, 1.807) is 6.07 Å². The predicted molar refractivity (Wildman–Crippen MR) is 88.8 cm³/mol. The Morgan fingerprint density at radius 2 is 2.21 bits per heavy atom. The predicted octanol–water partition coefficient (Wildman–Crippen LogP) is 3.04. The van der Waals surface area contributed by atoms with E-state index >= 15 is 0 Å². The quantitative estimate of drug-likeness (QED) is 0.382. The number of hydrogen-bond acceptors (Lipinski definition) is 7. The van der Waals surface area contributed by atoms with E-state index in [1.807, 2.05) is 6.92 Å². The molecule has 3 N–H and O–H groups in total. The van der Waals surface area contributed by atoms with Gasteiger partial charge >= 0.3 is 5.97 Å². The fraction of sp³-hybridized carbons (Fsp3) is 0.267. The van der Waals surface area contributed by atoms with Crippen molar-refractivity contribution in [3.05, 3.63) is 46.1 Å². The molecule has 0 aliphatic heterocycles. The first kappa shape index (κ1) is 17.1. The lowest BCUT2D eigenvalue weighted by Crippen LogP contribution is -2.11. The van der Waals surface area contributed by atoms with Crippen molar-refractivity contribution in [1.29, 1.82) is 0 Å². The Hall–Kier alpha value is -3.23. The molecule has 0 aliphatic carbocycles. The largest absolute Gasteiger partial charge is 0.477 e. The summed E-state index contributed by atoms with van der Waals surface area (Å²) >= 11 is 0. The summed E-state index contributed by atoms with van der Waals surface area (Å²) in [4.78, 5) is 29.7. The van der Waals surface area contributed by atoms with Gasteiger partial charge in [-0.3, -0.25) is 10.1 Å². The summed E-state index contributed by atoms with van der Waals surface area (Å²) in [5, 5.41) is 25.9. The minimum absolute atomic E-state index is 0.0667. The van der Waals surface area contributed by atoms with Crippen LogP contribution in [0.1, 0.15) is 30.1 Å². The Morgan fingerprint density at radius 3 is 2.88 bits per heavy atom. The molecule has 1 aromatic carbocycles. The van der Waals surface area contributed by atoms with Crippen molar-refractivity contribution in [1.82, 2.24) is 9.97 Å². The van der Waals surface area contributed by atoms with Gasteiger partial charge in [-0.05, 0) is 12.5 Å². The molecule has 0 amide bonds. The van der Waals surface area contributed by atoms with Gasteiger partial charge < -0.3 is 15.7 Å². The van der Waals surface area contributed by atoms with Gasteiger partial charge in [-0.2, -0.15) is 4.98 Å². The van der Waals surface area contributed by atoms with Crippen molar-refractivity contribution < 1.29 is 14.8 Å². The number of aromatic carboxylic acids is 1. The van der Waals surface area contributed by atoms with Crippen LogP contribution in [-0.2, 0) is 0 Å². The summed E-state index contributed by atoms with van der Waals surface area (Å²) in [6.45, 7) is 2.71. The number of nitrogens with one attached hydrogen (secondary N) is 2. The van der Waals surface area contributed by atoms with Gasteiger partial charge in [0, 0.05) is 30.6 Å². The van der Waals surface area contributed by atoms with E-state index in [4.69, 9.17) is 0 Å². The van der Waals surface area contributed by atoms with E-state index in [-0.39, 0.29) is 17.1 Å². The van der Waals surface area contributed by atoms with Crippen molar-refractivity contribution in [2.75, 3.05) is 17.2 Å². The molecular weight excluding hydrogens is 314 g/mol. The summed E-state index contributed by atoms with van der Waals surface area (Å²) in [7, 11) is 0. The van der Waals surface area contributed by atoms with E-state index in [1.165, 1.54) is 24.4 Å². The highest BCUT2D eigenvalue weighted by atomic mass is 16.6. The monoisotopic (exact) mass is 331 g/mol. The zero-order chi connectivity index (χ0) is 17.5. The second-order valence-corrected chi connectivity index (χ2v) is 4.97. The van der Waals surface area contributed by atoms with Crippen LogP contribution in [0.25, 0.3) is 0 Å². The number of carbonyl (C=O) groups is 1. The summed E-state index contributed by atoms with van der Waals surface area (Å²) in [5.74, 6) is -0.832. The SMILES string of the molecule is CCCCNc1ncc(C(=O)O)c(Nc2cccc([N+](=O)[O-])c2)n1. The lowest BCUT2D eigenvalue weighted by atomic mass is 10.2. The minimum Gasteiger partial charge on any atom is -0.477 e. The van der Waals surface area contributed by atoms with Gasteiger partial charge in [0.2, 0.25) is 5.95 Å². The number of nitro groups is 1. The van der Waals surface area contributed by atoms with E-state index in [0.29, 0.717) is 18.2 Å². The van der Waals surface area contributed by atoms with Crippen LogP contribution >= 0.6 is 0 Å². The van der Waals surface area contributed by atoms with Crippen LogP contribution in [0.5, 0.6) is 0 Å². The van der Waals surface area contributed by atoms with Crippen LogP contribution in [0.3, 0.4) is 0 Å². The maximum absolute atomic E-state index is 11.3. The molecule has 0 saturated heterocycles. The molecule has 9 heteroatoms. The van der Waals surface area contributed by atoms with Gasteiger partial charge in [0.1, 0.15) is 5.56 Å². The molecule has 0 aliphatic rings. The van der Waals surface area contributed by atoms with Crippen LogP contribution in [0.4, 0.5) is 23.1 Å². The Labute approximate surface area is 137 Å². The number of carboxylic acid groups (broad SMARTS) is 1. The highest BCUT2D eigenvalue weighted by Gasteiger charge is 2.15. The first-order valence-electron chi connectivity index (χ1n) is 7.37. The standard InChI is InChI=1S/C15H17N5O4/c1-2-3-7-16-15-17-9-12(14(21)22)13(19-15)18-10-5-4-6-11(8-10)20(23)24/h4-6,8-9H,2-3,7H2,1H3,(H,21,22)(H2,16,17,18,19). The topological polar surface area (TPSA) is 130 Å². The maximum Gasteiger partial charge on any atom is 0.341 e. The van der Waals surface area contributed by atoms with E-state index in [0.717, 1.165) is 12.8 Å². The number of rotatable bonds is 8. The smallest absolute Gasteiger partial charge is 0.341 e. The molecule has 2 aromatic rings. The van der Waals surface area contributed by atoms with Gasteiger partial charge in [0.25, 0.3) is 5.69 Å². The number of carboxylic acids is 1. The fourth-order valence-corrected chi connectivity index (χ4v) is 1.93. The second-order valence-electron chi connectivity index (χ2n) is 4.97. The average molecular weight is 331 g/mol. The van der Waals surface area contributed by atoms with Gasteiger partial charge in [0.05, 0.1) is 4.92 Å². The van der Waals surface area contributed by atoms with Gasteiger partial charge in [0.15, 0.2) is 5.82 Å². The molecule has 1 aromatic heterocycles. The Morgan fingerprint density at radius 1 is 1.42 bits per heavy atom. The first-order chi connectivity index (χ1) is 11.5. The number of benzene rings is 1. The van der Waals surface area contributed by atoms with Crippen molar-refractivity contribution in [3.8, 4) is 0 Å². The molecule has 1 heterocycles. The van der Waals surface area contributed by atoms with Crippen molar-refractivity contribution in [2.24, 2.45) is 0 Å². The zero-order valence-electron chi connectivity index (χ0n) is 13.0. The summed E-state index contributed by atoms with van der Waals surface area (Å²) < 4.78 is 0. The molecular formula is C15H17N5O4. The molecule has 0 atom stereocenters. The number of unbranched alkanes of at least 4 members (excludes halogenated alkanes) is 1. The molecule has 0 radical (unpaired) electrons. The number of hydrogen-bond donors (Lipinski definition) is 3. The third-order valence-electron chi connectivity index (χ3n) is 3.15. The van der Waals surface area contributed by atoms with Crippen molar-refractivity contribution in [2.45, 2.75) is 19.8 Å². The Balaban J connectivity index is 2.28. The average Bonchev–Trinajstić information content (AvgIpc) is 2.55. The highest BCUT2D eigenvalue weighted by Crippen LogP contribution is 2.23. The van der Waals surface area contributed by atoms with Crippen LogP contribution in [0.15, 0.2) is 30.5 Å². The summed E-state index contributed by atoms with van der Waals surface area (Å²) in [5.41, 5.74) is 0.139. The summed E-state index contributed by atoms with van der Waals surface area (Å²) in [6.07, 6.45) is 3.12. The van der Waals surface area contributed by atoms with Crippen LogP contribution in [0, 0.1) is 10.1 Å². The number of aromatic nitrogens is 2. The van der Waals surface area contributed by atoms with E-state index in [2.05, 4.69) is 20.6 Å². The first-order valence-corrected chi connectivity index (χ1v) is 7.37. The highest BCUT2D eigenvalue weighted by molar-refractivity contribution is 5.93. The molecule has 24 heavy (non-hydrogen) atoms. The molecule has 9 nitrogen and oxygen atoms in total. The number of nitro benzene ring substituents is 1. The molecule has 0 bridgehead atoms. The van der Waals surface area contributed by atoms with Crippen LogP contribution in [0.2, 0.25) is 0 Å². The Bertz CT molecular complexity index is 750. The van der Waals surface area contributed by atoms with Crippen LogP contribution < -0.4 is 10.6 Å². The fourth-order valence-electron chi connectivity index (χ4n) is 1.93. The Kier molecular flexibility index (Phi) is 5.61. The lowest BCUT2D eigenvalue weighted by molar-refractivity contribution is -0.384. The zero-order valence-corrected chi connectivity index (χ0v) is 13.0. The molecule has 126 valence electrons. The van der Waals surface area contributed by atoms with Gasteiger partial charge in [-0.15, -0.1) is 0 Å². The molecule has 0 fully saturated rings. The molecule has 0 unspecified atom stereocenters. The maximum atomic E-state index is 11.3. The van der Waals surface area contributed by atoms with E-state index < -0.39 is 10.9 Å². The molecule has 0 saturated carbocycles. The van der Waals surface area contributed by atoms with Gasteiger partial charge in [-0.25, -0.2) is 9.78 Å². The number of non-ortho nitro benzene ring substituents is 1. The number of nitrogens with zero attached hydrogens (tertiary/aromatic N) is 3. The lowest BCUT2D eigenvalue weighted by Gasteiger charge is -2.11. The normalized spacial score (nSPS) is 10.2.